The number of H-pyrrole nitrogens is 1. The molecule has 0 unspecified atom stereocenters. The van der Waals surface area contributed by atoms with Gasteiger partial charge in [0.2, 0.25) is 5.69 Å². The molecule has 1 fully saturated rings. The number of nitrogens with one attached hydrogen (secondary N) is 1. The van der Waals surface area contributed by atoms with Crippen LogP contribution in [0.15, 0.2) is 35.3 Å². The lowest BCUT2D eigenvalue weighted by atomic mass is 9.97. The molecule has 4 aromatic rings. The molecule has 8 nitrogen and oxygen atoms in total. The van der Waals surface area contributed by atoms with Gasteiger partial charge in [-0.1, -0.05) is 17.7 Å². The summed E-state index contributed by atoms with van der Waals surface area (Å²) in [5.74, 6) is -3.78. The monoisotopic (exact) mass is 513 g/mol. The second-order valence-corrected chi connectivity index (χ2v) is 8.96. The van der Waals surface area contributed by atoms with Gasteiger partial charge in [0.05, 0.1) is 41.1 Å². The molecule has 0 amide bonds. The van der Waals surface area contributed by atoms with Gasteiger partial charge in [-0.3, -0.25) is 9.48 Å². The Morgan fingerprint density at radius 1 is 1.31 bits per heavy atom. The SMILES string of the molecule is [C-]#[N+]c1c(N2CCC(F)(F)C2)cc(Cl)c(F)c1-c1c(-c2ccc3c(=O)[nH]nc(CN)c3c2)cnn1C. The van der Waals surface area contributed by atoms with Crippen molar-refractivity contribution in [3.63, 3.8) is 0 Å². The largest absolute Gasteiger partial charge is 0.374 e. The third-order valence-corrected chi connectivity index (χ3v) is 6.62. The highest BCUT2D eigenvalue weighted by atomic mass is 35.5. The van der Waals surface area contributed by atoms with E-state index in [1.54, 1.807) is 25.2 Å². The molecule has 3 heterocycles. The topological polar surface area (TPSA) is 97.2 Å². The fourth-order valence-electron chi connectivity index (χ4n) is 4.60. The summed E-state index contributed by atoms with van der Waals surface area (Å²) in [5.41, 5.74) is 6.98. The number of rotatable bonds is 4. The van der Waals surface area contributed by atoms with Crippen LogP contribution in [0.3, 0.4) is 0 Å². The van der Waals surface area contributed by atoms with E-state index >= 15 is 4.39 Å². The maximum absolute atomic E-state index is 15.6. The first-order valence-electron chi connectivity index (χ1n) is 10.9. The molecule has 3 N–H and O–H groups in total. The van der Waals surface area contributed by atoms with Gasteiger partial charge in [-0.2, -0.15) is 10.2 Å². The molecule has 184 valence electrons. The number of halogens is 4. The van der Waals surface area contributed by atoms with Crippen molar-refractivity contribution in [3.8, 4) is 22.4 Å². The summed E-state index contributed by atoms with van der Waals surface area (Å²) in [5, 5.41) is 11.3. The van der Waals surface area contributed by atoms with Crippen molar-refractivity contribution in [3.05, 3.63) is 68.8 Å². The molecule has 36 heavy (non-hydrogen) atoms. The van der Waals surface area contributed by atoms with Gasteiger partial charge in [-0.15, -0.1) is 0 Å². The van der Waals surface area contributed by atoms with E-state index in [4.69, 9.17) is 23.9 Å². The van der Waals surface area contributed by atoms with E-state index in [-0.39, 0.29) is 52.7 Å². The Hall–Kier alpha value is -3.88. The third kappa shape index (κ3) is 3.79. The lowest BCUT2D eigenvalue weighted by molar-refractivity contribution is 0.0257. The van der Waals surface area contributed by atoms with Crippen LogP contribution in [-0.4, -0.2) is 39.0 Å². The van der Waals surface area contributed by atoms with Gasteiger partial charge in [-0.25, -0.2) is 23.1 Å². The zero-order chi connectivity index (χ0) is 25.8. The number of aromatic nitrogens is 4. The Kier molecular flexibility index (Phi) is 5.73. The van der Waals surface area contributed by atoms with Crippen molar-refractivity contribution in [2.45, 2.75) is 18.9 Å². The van der Waals surface area contributed by atoms with Crippen molar-refractivity contribution in [2.24, 2.45) is 12.8 Å². The highest BCUT2D eigenvalue weighted by molar-refractivity contribution is 6.31. The number of fused-ring (bicyclic) bond motifs is 1. The van der Waals surface area contributed by atoms with Crippen LogP contribution in [0, 0.1) is 12.4 Å². The average molecular weight is 514 g/mol. The van der Waals surface area contributed by atoms with Crippen LogP contribution in [0.5, 0.6) is 0 Å². The first kappa shape index (κ1) is 23.8. The molecule has 2 aromatic carbocycles. The summed E-state index contributed by atoms with van der Waals surface area (Å²) >= 11 is 6.22. The Bertz CT molecular complexity index is 1620. The molecule has 1 saturated heterocycles. The number of aryl methyl sites for hydroxylation is 1. The standard InChI is InChI=1S/C24H19ClF3N7O/c1-30-21-18(35-6-5-24(27,28)11-35)8-16(25)20(26)19(21)22-15(10-31-34(22)2)12-3-4-13-14(7-12)17(9-29)32-33-23(13)36/h3-4,7-8,10H,5-6,9,11,29H2,2H3,(H,33,36). The predicted molar refractivity (Wildman–Crippen MR) is 131 cm³/mol. The van der Waals surface area contributed by atoms with Crippen LogP contribution in [0.2, 0.25) is 5.02 Å². The first-order valence-corrected chi connectivity index (χ1v) is 11.3. The van der Waals surface area contributed by atoms with Crippen molar-refractivity contribution < 1.29 is 13.2 Å². The summed E-state index contributed by atoms with van der Waals surface area (Å²) in [4.78, 5) is 17.1. The van der Waals surface area contributed by atoms with Gasteiger partial charge in [-0.05, 0) is 23.8 Å². The van der Waals surface area contributed by atoms with E-state index in [9.17, 15) is 13.6 Å². The Morgan fingerprint density at radius 3 is 2.75 bits per heavy atom. The Morgan fingerprint density at radius 2 is 2.08 bits per heavy atom. The van der Waals surface area contributed by atoms with E-state index in [0.29, 0.717) is 27.6 Å². The molecule has 0 radical (unpaired) electrons. The maximum Gasteiger partial charge on any atom is 0.272 e. The second-order valence-electron chi connectivity index (χ2n) is 8.55. The highest BCUT2D eigenvalue weighted by Gasteiger charge is 2.40. The summed E-state index contributed by atoms with van der Waals surface area (Å²) < 4.78 is 44.9. The second kappa shape index (κ2) is 8.65. The molecule has 1 aliphatic rings. The number of nitrogens with zero attached hydrogens (tertiary/aromatic N) is 5. The maximum atomic E-state index is 15.6. The Labute approximate surface area is 207 Å². The molecule has 1 aliphatic heterocycles. The summed E-state index contributed by atoms with van der Waals surface area (Å²) in [7, 11) is 1.58. The van der Waals surface area contributed by atoms with Gasteiger partial charge < -0.3 is 10.6 Å². The zero-order valence-electron chi connectivity index (χ0n) is 18.9. The number of hydrogen-bond donors (Lipinski definition) is 2. The van der Waals surface area contributed by atoms with Crippen LogP contribution >= 0.6 is 11.6 Å². The van der Waals surface area contributed by atoms with Crippen molar-refractivity contribution in [2.75, 3.05) is 18.0 Å². The Balaban J connectivity index is 1.75. The van der Waals surface area contributed by atoms with E-state index in [1.807, 2.05) is 0 Å². The van der Waals surface area contributed by atoms with Gasteiger partial charge in [0.1, 0.15) is 5.82 Å². The van der Waals surface area contributed by atoms with Crippen LogP contribution in [0.25, 0.3) is 38.0 Å². The van der Waals surface area contributed by atoms with Crippen LogP contribution in [0.4, 0.5) is 24.5 Å². The quantitative estimate of drug-likeness (QED) is 0.388. The van der Waals surface area contributed by atoms with Gasteiger partial charge in [0.25, 0.3) is 11.5 Å². The zero-order valence-corrected chi connectivity index (χ0v) is 19.7. The summed E-state index contributed by atoms with van der Waals surface area (Å²) in [6.45, 7) is 7.28. The number of nitrogens with two attached hydrogens (primary N) is 1. The molecule has 0 bridgehead atoms. The third-order valence-electron chi connectivity index (χ3n) is 6.34. The van der Waals surface area contributed by atoms with Crippen molar-refractivity contribution >= 4 is 33.7 Å². The minimum absolute atomic E-state index is 0.00323. The van der Waals surface area contributed by atoms with Crippen molar-refractivity contribution in [1.82, 2.24) is 20.0 Å². The lowest BCUT2D eigenvalue weighted by Crippen LogP contribution is -2.25. The van der Waals surface area contributed by atoms with Crippen LogP contribution in [-0.2, 0) is 13.6 Å². The highest BCUT2D eigenvalue weighted by Crippen LogP contribution is 2.48. The molecule has 12 heteroatoms. The van der Waals surface area contributed by atoms with Crippen LogP contribution < -0.4 is 16.2 Å². The average Bonchev–Trinajstić information content (AvgIpc) is 3.42. The lowest BCUT2D eigenvalue weighted by Gasteiger charge is -2.23. The minimum Gasteiger partial charge on any atom is -0.374 e. The summed E-state index contributed by atoms with van der Waals surface area (Å²) in [6, 6.07) is 6.18. The fraction of sp³-hybridized carbons (Fsp3) is 0.250. The molecule has 0 saturated carbocycles. The number of benzene rings is 2. The molecule has 0 atom stereocenters. The normalized spacial score (nSPS) is 15.0. The number of hydrogen-bond acceptors (Lipinski definition) is 5. The number of alkyl halides is 2. The molecule has 5 rings (SSSR count). The molecular formula is C24H19ClF3N7O. The first-order chi connectivity index (χ1) is 17.1. The summed E-state index contributed by atoms with van der Waals surface area (Å²) in [6.07, 6.45) is 1.12. The van der Waals surface area contributed by atoms with Gasteiger partial charge in [0.15, 0.2) is 0 Å². The van der Waals surface area contributed by atoms with Crippen LogP contribution in [0.1, 0.15) is 12.1 Å². The van der Waals surface area contributed by atoms with E-state index in [1.165, 1.54) is 21.8 Å². The number of anilines is 1. The molecule has 2 aromatic heterocycles. The van der Waals surface area contributed by atoms with Gasteiger partial charge in [0, 0.05) is 48.8 Å². The minimum atomic E-state index is -2.92. The number of aromatic amines is 1. The molecule has 0 spiro atoms. The predicted octanol–water partition coefficient (Wildman–Crippen LogP) is 4.64. The van der Waals surface area contributed by atoms with E-state index in [2.05, 4.69) is 20.1 Å². The van der Waals surface area contributed by atoms with E-state index in [0.717, 1.165) is 0 Å². The molecule has 0 aliphatic carbocycles. The van der Waals surface area contributed by atoms with Crippen molar-refractivity contribution in [1.29, 1.82) is 0 Å². The van der Waals surface area contributed by atoms with Gasteiger partial charge >= 0.3 is 0 Å². The molecular weight excluding hydrogens is 495 g/mol. The smallest absolute Gasteiger partial charge is 0.272 e. The van der Waals surface area contributed by atoms with E-state index < -0.39 is 18.3 Å². The fourth-order valence-corrected chi connectivity index (χ4v) is 4.80.